The molecular weight excluding hydrogens is 279 g/mol. The molecule has 0 aliphatic rings. The molecule has 0 unspecified atom stereocenters. The van der Waals surface area contributed by atoms with Gasteiger partial charge in [0.2, 0.25) is 0 Å². The van der Waals surface area contributed by atoms with Gasteiger partial charge in [-0.25, -0.2) is 4.39 Å². The van der Waals surface area contributed by atoms with E-state index in [1.807, 2.05) is 6.07 Å². The van der Waals surface area contributed by atoms with Crippen molar-refractivity contribution in [2.75, 3.05) is 5.32 Å². The summed E-state index contributed by atoms with van der Waals surface area (Å²) in [5, 5.41) is 3.58. The minimum absolute atomic E-state index is 0.00617. The summed E-state index contributed by atoms with van der Waals surface area (Å²) < 4.78 is 13.6. The van der Waals surface area contributed by atoms with Crippen molar-refractivity contribution in [2.24, 2.45) is 0 Å². The number of rotatable bonds is 2. The number of aromatic amines is 1. The topological polar surface area (TPSA) is 44.9 Å². The molecule has 20 heavy (non-hydrogen) atoms. The van der Waals surface area contributed by atoms with Crippen LogP contribution in [0.1, 0.15) is 10.4 Å². The molecule has 0 saturated heterocycles. The van der Waals surface area contributed by atoms with Gasteiger partial charge in [0, 0.05) is 22.7 Å². The first-order valence-corrected chi connectivity index (χ1v) is 6.35. The summed E-state index contributed by atoms with van der Waals surface area (Å²) in [4.78, 5) is 15.2. The summed E-state index contributed by atoms with van der Waals surface area (Å²) in [5.41, 5.74) is 1.37. The number of hydrogen-bond donors (Lipinski definition) is 2. The lowest BCUT2D eigenvalue weighted by molar-refractivity contribution is 0.102. The van der Waals surface area contributed by atoms with Crippen molar-refractivity contribution in [2.45, 2.75) is 0 Å². The molecule has 0 spiro atoms. The minimum Gasteiger partial charge on any atom is -0.361 e. The van der Waals surface area contributed by atoms with Crippen molar-refractivity contribution < 1.29 is 9.18 Å². The molecule has 0 atom stereocenters. The van der Waals surface area contributed by atoms with Crippen molar-refractivity contribution in [3.8, 4) is 0 Å². The summed E-state index contributed by atoms with van der Waals surface area (Å²) in [6, 6.07) is 11.3. The number of anilines is 1. The van der Waals surface area contributed by atoms with E-state index in [-0.39, 0.29) is 10.7 Å². The van der Waals surface area contributed by atoms with Crippen LogP contribution < -0.4 is 5.32 Å². The molecule has 0 bridgehead atoms. The normalized spacial score (nSPS) is 10.7. The number of aromatic nitrogens is 1. The fraction of sp³-hybridized carbons (Fsp3) is 0. The van der Waals surface area contributed by atoms with Crippen LogP contribution in [-0.2, 0) is 0 Å². The largest absolute Gasteiger partial charge is 0.361 e. The number of nitrogens with one attached hydrogen (secondary N) is 2. The van der Waals surface area contributed by atoms with Gasteiger partial charge in [0.1, 0.15) is 5.82 Å². The summed E-state index contributed by atoms with van der Waals surface area (Å²) in [5.74, 6) is -0.964. The maximum atomic E-state index is 13.6. The Morgan fingerprint density at radius 1 is 1.20 bits per heavy atom. The summed E-state index contributed by atoms with van der Waals surface area (Å²) in [6.07, 6.45) is 1.79. The van der Waals surface area contributed by atoms with Crippen LogP contribution in [0.25, 0.3) is 10.9 Å². The molecule has 0 aliphatic heterocycles. The summed E-state index contributed by atoms with van der Waals surface area (Å²) >= 11 is 5.88. The zero-order valence-corrected chi connectivity index (χ0v) is 11.0. The first-order valence-electron chi connectivity index (χ1n) is 5.97. The van der Waals surface area contributed by atoms with Crippen molar-refractivity contribution in [1.82, 2.24) is 4.98 Å². The van der Waals surface area contributed by atoms with E-state index in [9.17, 15) is 9.18 Å². The molecule has 2 N–H and O–H groups in total. The van der Waals surface area contributed by atoms with Gasteiger partial charge < -0.3 is 10.3 Å². The summed E-state index contributed by atoms with van der Waals surface area (Å²) in [6.45, 7) is 0. The Kier molecular flexibility index (Phi) is 3.16. The van der Waals surface area contributed by atoms with Gasteiger partial charge in [0.15, 0.2) is 0 Å². The van der Waals surface area contributed by atoms with E-state index in [2.05, 4.69) is 10.3 Å². The lowest BCUT2D eigenvalue weighted by Crippen LogP contribution is -2.13. The second-order valence-corrected chi connectivity index (χ2v) is 4.74. The van der Waals surface area contributed by atoms with Crippen LogP contribution in [-0.4, -0.2) is 10.9 Å². The Hall–Kier alpha value is -2.33. The van der Waals surface area contributed by atoms with E-state index in [1.165, 1.54) is 18.2 Å². The molecule has 0 radical (unpaired) electrons. The number of carbonyl (C=O) groups is 1. The molecule has 0 aliphatic carbocycles. The van der Waals surface area contributed by atoms with Crippen molar-refractivity contribution in [3.63, 3.8) is 0 Å². The number of hydrogen-bond acceptors (Lipinski definition) is 1. The monoisotopic (exact) mass is 288 g/mol. The van der Waals surface area contributed by atoms with E-state index in [0.29, 0.717) is 5.56 Å². The smallest absolute Gasteiger partial charge is 0.255 e. The third-order valence-electron chi connectivity index (χ3n) is 3.02. The van der Waals surface area contributed by atoms with Crippen LogP contribution in [0.4, 0.5) is 10.1 Å². The summed E-state index contributed by atoms with van der Waals surface area (Å²) in [7, 11) is 0. The van der Waals surface area contributed by atoms with Gasteiger partial charge >= 0.3 is 0 Å². The van der Waals surface area contributed by atoms with Crippen LogP contribution in [0, 0.1) is 5.82 Å². The average Bonchev–Trinajstić information content (AvgIpc) is 2.90. The van der Waals surface area contributed by atoms with Crippen LogP contribution in [0.2, 0.25) is 5.02 Å². The predicted octanol–water partition coefficient (Wildman–Crippen LogP) is 4.21. The van der Waals surface area contributed by atoms with Crippen LogP contribution in [0.5, 0.6) is 0 Å². The number of H-pyrrole nitrogens is 1. The molecule has 3 rings (SSSR count). The molecule has 100 valence electrons. The van der Waals surface area contributed by atoms with Gasteiger partial charge in [0.25, 0.3) is 5.91 Å². The third kappa shape index (κ3) is 2.26. The highest BCUT2D eigenvalue weighted by atomic mass is 35.5. The molecule has 1 aromatic heterocycles. The Labute approximate surface area is 119 Å². The zero-order chi connectivity index (χ0) is 14.1. The van der Waals surface area contributed by atoms with Gasteiger partial charge in [-0.3, -0.25) is 4.79 Å². The number of fused-ring (bicyclic) bond motifs is 1. The number of para-hydroxylation sites is 1. The maximum absolute atomic E-state index is 13.6. The highest BCUT2D eigenvalue weighted by Gasteiger charge is 2.12. The van der Waals surface area contributed by atoms with Gasteiger partial charge in [-0.05, 0) is 36.4 Å². The SMILES string of the molecule is O=C(Nc1c(F)cccc1Cl)c1ccc2[nH]ccc2c1. The van der Waals surface area contributed by atoms with Crippen molar-refractivity contribution in [3.05, 3.63) is 65.1 Å². The number of benzene rings is 2. The minimum atomic E-state index is -0.562. The quantitative estimate of drug-likeness (QED) is 0.729. The molecule has 1 amide bonds. The second-order valence-electron chi connectivity index (χ2n) is 4.33. The number of amides is 1. The van der Waals surface area contributed by atoms with Crippen LogP contribution in [0.15, 0.2) is 48.7 Å². The Balaban J connectivity index is 1.92. The highest BCUT2D eigenvalue weighted by molar-refractivity contribution is 6.34. The van der Waals surface area contributed by atoms with Crippen molar-refractivity contribution in [1.29, 1.82) is 0 Å². The molecule has 1 heterocycles. The third-order valence-corrected chi connectivity index (χ3v) is 3.33. The second kappa shape index (κ2) is 4.98. The Morgan fingerprint density at radius 3 is 2.85 bits per heavy atom. The molecule has 3 nitrogen and oxygen atoms in total. The molecule has 0 saturated carbocycles. The average molecular weight is 289 g/mol. The maximum Gasteiger partial charge on any atom is 0.255 e. The first-order chi connectivity index (χ1) is 9.65. The van der Waals surface area contributed by atoms with Crippen LogP contribution >= 0.6 is 11.6 Å². The van der Waals surface area contributed by atoms with Gasteiger partial charge in [-0.1, -0.05) is 17.7 Å². The van der Waals surface area contributed by atoms with Gasteiger partial charge in [-0.2, -0.15) is 0 Å². The molecule has 3 aromatic rings. The van der Waals surface area contributed by atoms with E-state index in [1.54, 1.807) is 24.4 Å². The van der Waals surface area contributed by atoms with Gasteiger partial charge in [-0.15, -0.1) is 0 Å². The first kappa shape index (κ1) is 12.7. The Bertz CT molecular complexity index is 777. The zero-order valence-electron chi connectivity index (χ0n) is 10.3. The molecule has 2 aromatic carbocycles. The van der Waals surface area contributed by atoms with E-state index in [0.717, 1.165) is 10.9 Å². The lowest BCUT2D eigenvalue weighted by atomic mass is 10.1. The lowest BCUT2D eigenvalue weighted by Gasteiger charge is -2.08. The standard InChI is InChI=1S/C15H10ClFN2O/c16-11-2-1-3-12(17)14(11)19-15(20)10-4-5-13-9(8-10)6-7-18-13/h1-8,18H,(H,19,20). The molecular formula is C15H10ClFN2O. The highest BCUT2D eigenvalue weighted by Crippen LogP contribution is 2.25. The van der Waals surface area contributed by atoms with Gasteiger partial charge in [0.05, 0.1) is 10.7 Å². The molecule has 5 heteroatoms. The fourth-order valence-electron chi connectivity index (χ4n) is 2.00. The van der Waals surface area contributed by atoms with E-state index >= 15 is 0 Å². The van der Waals surface area contributed by atoms with Crippen molar-refractivity contribution >= 4 is 34.1 Å². The number of carbonyl (C=O) groups excluding carboxylic acids is 1. The number of halogens is 2. The van der Waals surface area contributed by atoms with E-state index in [4.69, 9.17) is 11.6 Å². The van der Waals surface area contributed by atoms with E-state index < -0.39 is 11.7 Å². The fourth-order valence-corrected chi connectivity index (χ4v) is 2.21. The Morgan fingerprint density at radius 2 is 2.05 bits per heavy atom. The molecule has 0 fully saturated rings. The predicted molar refractivity (Wildman–Crippen MR) is 77.7 cm³/mol. The van der Waals surface area contributed by atoms with Crippen LogP contribution in [0.3, 0.4) is 0 Å².